The Balaban J connectivity index is 1.92. The van der Waals surface area contributed by atoms with Crippen LogP contribution in [0, 0.1) is 6.92 Å². The Bertz CT molecular complexity index is 1000. The molecule has 1 aromatic carbocycles. The Kier molecular flexibility index (Phi) is 5.23. The molecule has 0 aliphatic rings. The van der Waals surface area contributed by atoms with Crippen LogP contribution in [0.2, 0.25) is 0 Å². The van der Waals surface area contributed by atoms with E-state index in [1.807, 2.05) is 26.8 Å². The van der Waals surface area contributed by atoms with Crippen molar-refractivity contribution >= 4 is 28.0 Å². The second-order valence-electron chi connectivity index (χ2n) is 6.83. The summed E-state index contributed by atoms with van der Waals surface area (Å²) in [4.78, 5) is 27.9. The SMILES string of the molecule is Cc1ccc(CC(C)NC(=O)c2nn(C(C)C)c(=O)c3ccccc23)s1. The number of hydrogen-bond donors (Lipinski definition) is 1. The van der Waals surface area contributed by atoms with Gasteiger partial charge in [-0.3, -0.25) is 9.59 Å². The first-order valence-corrected chi connectivity index (χ1v) is 9.56. The van der Waals surface area contributed by atoms with Gasteiger partial charge in [0.05, 0.1) is 11.4 Å². The van der Waals surface area contributed by atoms with Crippen molar-refractivity contribution in [3.05, 3.63) is 62.2 Å². The Morgan fingerprint density at radius 3 is 2.46 bits per heavy atom. The molecule has 1 N–H and O–H groups in total. The summed E-state index contributed by atoms with van der Waals surface area (Å²) in [5, 5.41) is 8.49. The highest BCUT2D eigenvalue weighted by Gasteiger charge is 2.19. The molecule has 0 spiro atoms. The molecule has 3 rings (SSSR count). The van der Waals surface area contributed by atoms with Crippen LogP contribution >= 0.6 is 11.3 Å². The lowest BCUT2D eigenvalue weighted by Crippen LogP contribution is -2.36. The lowest BCUT2D eigenvalue weighted by molar-refractivity contribution is 0.0934. The van der Waals surface area contributed by atoms with Crippen molar-refractivity contribution in [1.82, 2.24) is 15.1 Å². The van der Waals surface area contributed by atoms with Crippen LogP contribution < -0.4 is 10.9 Å². The van der Waals surface area contributed by atoms with Crippen molar-refractivity contribution in [2.24, 2.45) is 0 Å². The van der Waals surface area contributed by atoms with E-state index in [0.717, 1.165) is 6.42 Å². The van der Waals surface area contributed by atoms with Crippen LogP contribution in [0.4, 0.5) is 0 Å². The number of fused-ring (bicyclic) bond motifs is 1. The zero-order chi connectivity index (χ0) is 18.8. The van der Waals surface area contributed by atoms with Gasteiger partial charge in [0.25, 0.3) is 11.5 Å². The molecule has 0 saturated carbocycles. The molecule has 0 radical (unpaired) electrons. The number of nitrogens with zero attached hydrogens (tertiary/aromatic N) is 2. The smallest absolute Gasteiger partial charge is 0.274 e. The molecule has 3 aromatic rings. The first-order chi connectivity index (χ1) is 12.4. The molecule has 26 heavy (non-hydrogen) atoms. The van der Waals surface area contributed by atoms with Crippen molar-refractivity contribution in [2.45, 2.75) is 46.2 Å². The Labute approximate surface area is 156 Å². The van der Waals surface area contributed by atoms with Gasteiger partial charge in [0.2, 0.25) is 0 Å². The van der Waals surface area contributed by atoms with E-state index < -0.39 is 0 Å². The second-order valence-corrected chi connectivity index (χ2v) is 8.20. The van der Waals surface area contributed by atoms with E-state index in [1.165, 1.54) is 14.4 Å². The van der Waals surface area contributed by atoms with Gasteiger partial charge in [-0.15, -0.1) is 11.3 Å². The van der Waals surface area contributed by atoms with Gasteiger partial charge < -0.3 is 5.32 Å². The molecule has 6 heteroatoms. The van der Waals surface area contributed by atoms with E-state index in [4.69, 9.17) is 0 Å². The number of thiophene rings is 1. The number of nitrogens with one attached hydrogen (secondary N) is 1. The number of aromatic nitrogens is 2. The average Bonchev–Trinajstić information content (AvgIpc) is 2.99. The Morgan fingerprint density at radius 2 is 1.85 bits per heavy atom. The van der Waals surface area contributed by atoms with Gasteiger partial charge in [-0.25, -0.2) is 4.68 Å². The molecule has 0 bridgehead atoms. The largest absolute Gasteiger partial charge is 0.348 e. The van der Waals surface area contributed by atoms with Crippen molar-refractivity contribution in [1.29, 1.82) is 0 Å². The summed E-state index contributed by atoms with van der Waals surface area (Å²) < 4.78 is 1.38. The monoisotopic (exact) mass is 369 g/mol. The highest BCUT2D eigenvalue weighted by Crippen LogP contribution is 2.18. The molecule has 1 atom stereocenters. The van der Waals surface area contributed by atoms with Gasteiger partial charge in [-0.1, -0.05) is 18.2 Å². The molecule has 136 valence electrons. The Morgan fingerprint density at radius 1 is 1.15 bits per heavy atom. The minimum atomic E-state index is -0.253. The molecule has 2 aromatic heterocycles. The number of rotatable bonds is 5. The minimum Gasteiger partial charge on any atom is -0.348 e. The lowest BCUT2D eigenvalue weighted by atomic mass is 10.1. The third-order valence-electron chi connectivity index (χ3n) is 4.21. The molecule has 0 fully saturated rings. The maximum atomic E-state index is 12.9. The molecular weight excluding hydrogens is 346 g/mol. The number of carbonyl (C=O) groups excluding carboxylic acids is 1. The zero-order valence-corrected chi connectivity index (χ0v) is 16.3. The van der Waals surface area contributed by atoms with Crippen molar-refractivity contribution in [2.75, 3.05) is 0 Å². The van der Waals surface area contributed by atoms with Crippen LogP contribution in [0.1, 0.15) is 47.1 Å². The van der Waals surface area contributed by atoms with Gasteiger partial charge in [-0.05, 0) is 45.9 Å². The fourth-order valence-corrected chi connectivity index (χ4v) is 3.98. The number of benzene rings is 1. The van der Waals surface area contributed by atoms with Crippen molar-refractivity contribution < 1.29 is 4.79 Å². The standard InChI is InChI=1S/C20H23N3O2S/c1-12(2)23-20(25)17-8-6-5-7-16(17)18(22-23)19(24)21-13(3)11-15-10-9-14(4)26-15/h5-10,12-13H,11H2,1-4H3,(H,21,24). The summed E-state index contributed by atoms with van der Waals surface area (Å²) in [5.74, 6) is -0.253. The van der Waals surface area contributed by atoms with E-state index in [9.17, 15) is 9.59 Å². The van der Waals surface area contributed by atoms with Crippen molar-refractivity contribution in [3.8, 4) is 0 Å². The van der Waals surface area contributed by atoms with Crippen LogP contribution in [0.3, 0.4) is 0 Å². The molecule has 0 aliphatic heterocycles. The molecule has 0 aliphatic carbocycles. The molecule has 1 amide bonds. The first-order valence-electron chi connectivity index (χ1n) is 8.74. The number of amides is 1. The quantitative estimate of drug-likeness (QED) is 0.746. The van der Waals surface area contributed by atoms with Gasteiger partial charge in [-0.2, -0.15) is 5.10 Å². The Hall–Kier alpha value is -2.47. The van der Waals surface area contributed by atoms with Gasteiger partial charge in [0.1, 0.15) is 0 Å². The number of hydrogen-bond acceptors (Lipinski definition) is 4. The highest BCUT2D eigenvalue weighted by atomic mass is 32.1. The minimum absolute atomic E-state index is 0.0273. The van der Waals surface area contributed by atoms with Crippen LogP contribution in [0.25, 0.3) is 10.8 Å². The normalized spacial score (nSPS) is 12.5. The lowest BCUT2D eigenvalue weighted by Gasteiger charge is -2.16. The van der Waals surface area contributed by atoms with E-state index in [2.05, 4.69) is 29.5 Å². The average molecular weight is 369 g/mol. The summed E-state index contributed by atoms with van der Waals surface area (Å²) in [5.41, 5.74) is 0.123. The maximum absolute atomic E-state index is 12.9. The van der Waals surface area contributed by atoms with E-state index in [0.29, 0.717) is 16.5 Å². The summed E-state index contributed by atoms with van der Waals surface area (Å²) in [7, 11) is 0. The van der Waals surface area contributed by atoms with E-state index >= 15 is 0 Å². The predicted octanol–water partition coefficient (Wildman–Crippen LogP) is 3.71. The third-order valence-corrected chi connectivity index (χ3v) is 5.24. The summed E-state index contributed by atoms with van der Waals surface area (Å²) in [6, 6.07) is 11.2. The van der Waals surface area contributed by atoms with Gasteiger partial charge in [0.15, 0.2) is 5.69 Å². The van der Waals surface area contributed by atoms with Crippen LogP contribution in [-0.4, -0.2) is 21.7 Å². The van der Waals surface area contributed by atoms with Gasteiger partial charge in [0, 0.05) is 27.6 Å². The number of aryl methyl sites for hydroxylation is 1. The topological polar surface area (TPSA) is 64.0 Å². The summed E-state index contributed by atoms with van der Waals surface area (Å²) in [6.07, 6.45) is 0.770. The van der Waals surface area contributed by atoms with Crippen molar-refractivity contribution in [3.63, 3.8) is 0 Å². The van der Waals surface area contributed by atoms with Crippen LogP contribution in [0.5, 0.6) is 0 Å². The van der Waals surface area contributed by atoms with Crippen LogP contribution in [-0.2, 0) is 6.42 Å². The zero-order valence-electron chi connectivity index (χ0n) is 15.4. The second kappa shape index (κ2) is 7.41. The molecule has 1 unspecified atom stereocenters. The first kappa shape index (κ1) is 18.3. The molecule has 0 saturated heterocycles. The fraction of sp³-hybridized carbons (Fsp3) is 0.350. The highest BCUT2D eigenvalue weighted by molar-refractivity contribution is 7.11. The predicted molar refractivity (Wildman–Crippen MR) is 106 cm³/mol. The summed E-state index contributed by atoms with van der Waals surface area (Å²) in [6.45, 7) is 7.81. The molecular formula is C20H23N3O2S. The molecule has 2 heterocycles. The van der Waals surface area contributed by atoms with E-state index in [1.54, 1.807) is 29.5 Å². The molecule has 5 nitrogen and oxygen atoms in total. The summed E-state index contributed by atoms with van der Waals surface area (Å²) >= 11 is 1.74. The van der Waals surface area contributed by atoms with E-state index in [-0.39, 0.29) is 23.6 Å². The van der Waals surface area contributed by atoms with Crippen LogP contribution in [0.15, 0.2) is 41.2 Å². The third kappa shape index (κ3) is 3.70. The van der Waals surface area contributed by atoms with Gasteiger partial charge >= 0.3 is 0 Å². The fourth-order valence-electron chi connectivity index (χ4n) is 2.96. The number of carbonyl (C=O) groups is 1. The maximum Gasteiger partial charge on any atom is 0.274 e.